The van der Waals surface area contributed by atoms with Gasteiger partial charge in [0.25, 0.3) is 0 Å². The van der Waals surface area contributed by atoms with Crippen LogP contribution in [0, 0.1) is 5.41 Å². The molecule has 3 heteroatoms. The summed E-state index contributed by atoms with van der Waals surface area (Å²) >= 11 is 0. The highest BCUT2D eigenvalue weighted by molar-refractivity contribution is 5.73. The number of amides is 1. The number of aldehydes is 1. The minimum absolute atomic E-state index is 0.0387. The molecule has 1 aliphatic carbocycles. The lowest BCUT2D eigenvalue weighted by molar-refractivity contribution is -0.131. The van der Waals surface area contributed by atoms with Crippen LogP contribution in [0.4, 0.5) is 0 Å². The predicted octanol–water partition coefficient (Wildman–Crippen LogP) is 1.61. The molecule has 14 heavy (non-hydrogen) atoms. The van der Waals surface area contributed by atoms with Crippen molar-refractivity contribution in [2.24, 2.45) is 5.41 Å². The molecule has 0 heterocycles. The molecule has 1 aliphatic rings. The Morgan fingerprint density at radius 2 is 1.93 bits per heavy atom. The Hall–Kier alpha value is -0.860. The minimum atomic E-state index is -0.251. The molecule has 1 rings (SSSR count). The average molecular weight is 197 g/mol. The number of hydrogen-bond donors (Lipinski definition) is 0. The van der Waals surface area contributed by atoms with E-state index in [0.717, 1.165) is 32.0 Å². The summed E-state index contributed by atoms with van der Waals surface area (Å²) in [5.74, 6) is 0.0387. The molecule has 0 aliphatic heterocycles. The van der Waals surface area contributed by atoms with Gasteiger partial charge in [-0.15, -0.1) is 0 Å². The molecule has 0 radical (unpaired) electrons. The van der Waals surface area contributed by atoms with E-state index in [1.165, 1.54) is 6.42 Å². The fraction of sp³-hybridized carbons (Fsp3) is 0.818. The lowest BCUT2D eigenvalue weighted by Gasteiger charge is -2.35. The maximum atomic E-state index is 11.1. The van der Waals surface area contributed by atoms with Crippen molar-refractivity contribution in [2.75, 3.05) is 13.6 Å². The predicted molar refractivity (Wildman–Crippen MR) is 54.9 cm³/mol. The first-order valence-corrected chi connectivity index (χ1v) is 5.28. The molecule has 0 aromatic rings. The Balaban J connectivity index is 2.60. The molecule has 0 spiro atoms. The number of carbonyl (C=O) groups is 2. The van der Waals surface area contributed by atoms with Gasteiger partial charge in [0.15, 0.2) is 0 Å². The van der Waals surface area contributed by atoms with Crippen molar-refractivity contribution in [3.05, 3.63) is 0 Å². The Bertz CT molecular complexity index is 219. The maximum absolute atomic E-state index is 11.1. The number of nitrogens with zero attached hydrogens (tertiary/aromatic N) is 1. The van der Waals surface area contributed by atoms with Gasteiger partial charge in [0, 0.05) is 25.9 Å². The fourth-order valence-electron chi connectivity index (χ4n) is 2.15. The van der Waals surface area contributed by atoms with Crippen molar-refractivity contribution in [2.45, 2.75) is 39.0 Å². The van der Waals surface area contributed by atoms with Gasteiger partial charge in [0.2, 0.25) is 5.91 Å². The maximum Gasteiger partial charge on any atom is 0.219 e. The highest BCUT2D eigenvalue weighted by atomic mass is 16.2. The molecule has 0 aromatic carbocycles. The molecule has 0 unspecified atom stereocenters. The Morgan fingerprint density at radius 3 is 2.36 bits per heavy atom. The van der Waals surface area contributed by atoms with Crippen molar-refractivity contribution < 1.29 is 9.59 Å². The largest absolute Gasteiger partial charge is 0.345 e. The van der Waals surface area contributed by atoms with Gasteiger partial charge < -0.3 is 9.69 Å². The van der Waals surface area contributed by atoms with Gasteiger partial charge in [0.1, 0.15) is 6.29 Å². The lowest BCUT2D eigenvalue weighted by Crippen LogP contribution is -2.40. The van der Waals surface area contributed by atoms with Crippen molar-refractivity contribution in [1.29, 1.82) is 0 Å². The zero-order chi connectivity index (χ0) is 10.6. The van der Waals surface area contributed by atoms with E-state index in [1.807, 2.05) is 0 Å². The van der Waals surface area contributed by atoms with E-state index in [2.05, 4.69) is 0 Å². The van der Waals surface area contributed by atoms with E-state index >= 15 is 0 Å². The molecule has 0 atom stereocenters. The second-order valence-electron chi connectivity index (χ2n) is 4.42. The van der Waals surface area contributed by atoms with Crippen LogP contribution in [0.25, 0.3) is 0 Å². The quantitative estimate of drug-likeness (QED) is 0.645. The third-order valence-electron chi connectivity index (χ3n) is 3.19. The molecule has 80 valence electrons. The Kier molecular flexibility index (Phi) is 3.67. The number of rotatable bonds is 3. The second-order valence-corrected chi connectivity index (χ2v) is 4.42. The molecule has 1 saturated carbocycles. The molecular weight excluding hydrogens is 178 g/mol. The van der Waals surface area contributed by atoms with E-state index in [0.29, 0.717) is 6.54 Å². The summed E-state index contributed by atoms with van der Waals surface area (Å²) in [5.41, 5.74) is -0.251. The van der Waals surface area contributed by atoms with Crippen LogP contribution in [-0.4, -0.2) is 30.7 Å². The summed E-state index contributed by atoms with van der Waals surface area (Å²) in [7, 11) is 1.77. The van der Waals surface area contributed by atoms with E-state index in [4.69, 9.17) is 0 Å². The molecule has 3 nitrogen and oxygen atoms in total. The van der Waals surface area contributed by atoms with Gasteiger partial charge in [-0.05, 0) is 12.8 Å². The summed E-state index contributed by atoms with van der Waals surface area (Å²) in [6.45, 7) is 2.13. The summed E-state index contributed by atoms with van der Waals surface area (Å²) in [5, 5.41) is 0. The van der Waals surface area contributed by atoms with Crippen molar-refractivity contribution in [3.63, 3.8) is 0 Å². The molecule has 0 bridgehead atoms. The van der Waals surface area contributed by atoms with Crippen LogP contribution in [0.15, 0.2) is 0 Å². The topological polar surface area (TPSA) is 37.4 Å². The third-order valence-corrected chi connectivity index (χ3v) is 3.19. The van der Waals surface area contributed by atoms with E-state index in [1.54, 1.807) is 18.9 Å². The first kappa shape index (κ1) is 11.2. The smallest absolute Gasteiger partial charge is 0.219 e. The molecule has 0 N–H and O–H groups in total. The summed E-state index contributed by atoms with van der Waals surface area (Å²) in [4.78, 5) is 23.8. The summed E-state index contributed by atoms with van der Waals surface area (Å²) in [6, 6.07) is 0. The van der Waals surface area contributed by atoms with Gasteiger partial charge in [-0.2, -0.15) is 0 Å². The first-order chi connectivity index (χ1) is 6.59. The summed E-state index contributed by atoms with van der Waals surface area (Å²) in [6.07, 6.45) is 6.39. The normalized spacial score (nSPS) is 20.1. The van der Waals surface area contributed by atoms with E-state index < -0.39 is 0 Å². The van der Waals surface area contributed by atoms with Gasteiger partial charge in [0.05, 0.1) is 0 Å². The van der Waals surface area contributed by atoms with E-state index in [-0.39, 0.29) is 11.3 Å². The van der Waals surface area contributed by atoms with Crippen LogP contribution in [0.2, 0.25) is 0 Å². The van der Waals surface area contributed by atoms with Crippen LogP contribution in [-0.2, 0) is 9.59 Å². The highest BCUT2D eigenvalue weighted by Crippen LogP contribution is 2.34. The van der Waals surface area contributed by atoms with Crippen LogP contribution < -0.4 is 0 Å². The first-order valence-electron chi connectivity index (χ1n) is 5.28. The van der Waals surface area contributed by atoms with Crippen molar-refractivity contribution in [3.8, 4) is 0 Å². The molecule has 0 saturated heterocycles. The average Bonchev–Trinajstić information content (AvgIpc) is 2.19. The molecule has 0 aromatic heterocycles. The Morgan fingerprint density at radius 1 is 1.36 bits per heavy atom. The monoisotopic (exact) mass is 197 g/mol. The lowest BCUT2D eigenvalue weighted by atomic mass is 9.75. The molecular formula is C11H19NO2. The SMILES string of the molecule is CC(=O)N(C)CC1(C=O)CCCCC1. The van der Waals surface area contributed by atoms with Crippen LogP contribution >= 0.6 is 0 Å². The second kappa shape index (κ2) is 4.58. The van der Waals surface area contributed by atoms with Crippen LogP contribution in [0.1, 0.15) is 39.0 Å². The number of hydrogen-bond acceptors (Lipinski definition) is 2. The summed E-state index contributed by atoms with van der Waals surface area (Å²) < 4.78 is 0. The standard InChI is InChI=1S/C11H19NO2/c1-10(14)12(2)8-11(9-13)6-4-3-5-7-11/h9H,3-8H2,1-2H3. The minimum Gasteiger partial charge on any atom is -0.345 e. The van der Waals surface area contributed by atoms with Gasteiger partial charge in [-0.3, -0.25) is 4.79 Å². The Labute approximate surface area is 85.5 Å². The molecule has 1 fully saturated rings. The zero-order valence-electron chi connectivity index (χ0n) is 9.08. The van der Waals surface area contributed by atoms with Gasteiger partial charge >= 0.3 is 0 Å². The third kappa shape index (κ3) is 2.56. The van der Waals surface area contributed by atoms with E-state index in [9.17, 15) is 9.59 Å². The van der Waals surface area contributed by atoms with Gasteiger partial charge in [-0.1, -0.05) is 19.3 Å². The molecule has 1 amide bonds. The van der Waals surface area contributed by atoms with Crippen molar-refractivity contribution >= 4 is 12.2 Å². The number of carbonyl (C=O) groups excluding carboxylic acids is 2. The highest BCUT2D eigenvalue weighted by Gasteiger charge is 2.33. The zero-order valence-corrected chi connectivity index (χ0v) is 9.08. The van der Waals surface area contributed by atoms with Crippen molar-refractivity contribution in [1.82, 2.24) is 4.90 Å². The van der Waals surface area contributed by atoms with Crippen LogP contribution in [0.3, 0.4) is 0 Å². The fourth-order valence-corrected chi connectivity index (χ4v) is 2.15. The van der Waals surface area contributed by atoms with Gasteiger partial charge in [-0.25, -0.2) is 0 Å². The van der Waals surface area contributed by atoms with Crippen LogP contribution in [0.5, 0.6) is 0 Å².